The molecular weight excluding hydrogens is 460 g/mol. The molecule has 4 rings (SSSR count). The molecule has 2 N–H and O–H groups in total. The summed E-state index contributed by atoms with van der Waals surface area (Å²) >= 11 is 0. The van der Waals surface area contributed by atoms with Crippen LogP contribution < -0.4 is 10.1 Å². The smallest absolute Gasteiger partial charge is 0.318 e. The van der Waals surface area contributed by atoms with Gasteiger partial charge < -0.3 is 24.6 Å². The molecule has 2 aliphatic rings. The minimum Gasteiger partial charge on any atom is -0.463 e. The van der Waals surface area contributed by atoms with Gasteiger partial charge in [0.1, 0.15) is 0 Å². The fraction of sp³-hybridized carbons (Fsp3) is 0.652. The van der Waals surface area contributed by atoms with Crippen LogP contribution in [0.4, 0.5) is 20.4 Å². The summed E-state index contributed by atoms with van der Waals surface area (Å²) in [5, 5.41) is 10.2. The molecule has 4 heterocycles. The lowest BCUT2D eigenvalue weighted by atomic mass is 9.88. The van der Waals surface area contributed by atoms with Gasteiger partial charge in [-0.05, 0) is 20.4 Å². The SMILES string of the molecule is CCC1(C)c2[nH]nc(Nc3nc(OCCCOC)ncc3F)c2CN1C(=O)C1(F)CCN(C)CC1. The van der Waals surface area contributed by atoms with Gasteiger partial charge in [0, 0.05) is 51.6 Å². The van der Waals surface area contributed by atoms with Crippen molar-refractivity contribution in [3.63, 3.8) is 0 Å². The van der Waals surface area contributed by atoms with E-state index in [1.54, 1.807) is 12.0 Å². The number of fused-ring (bicyclic) bond motifs is 1. The Morgan fingerprint density at radius 2 is 2.03 bits per heavy atom. The highest BCUT2D eigenvalue weighted by atomic mass is 19.1. The van der Waals surface area contributed by atoms with E-state index in [0.29, 0.717) is 56.2 Å². The summed E-state index contributed by atoms with van der Waals surface area (Å²) in [6.07, 6.45) is 2.54. The molecule has 0 aliphatic carbocycles. The molecule has 1 fully saturated rings. The van der Waals surface area contributed by atoms with Gasteiger partial charge in [0.05, 0.1) is 30.6 Å². The van der Waals surface area contributed by atoms with Crippen molar-refractivity contribution in [1.29, 1.82) is 0 Å². The Bertz CT molecular complexity index is 1060. The second-order valence-electron chi connectivity index (χ2n) is 9.38. The number of nitrogens with zero attached hydrogens (tertiary/aromatic N) is 5. The summed E-state index contributed by atoms with van der Waals surface area (Å²) in [5.41, 5.74) is -1.28. The van der Waals surface area contributed by atoms with Crippen molar-refractivity contribution in [3.8, 4) is 6.01 Å². The molecule has 0 bridgehead atoms. The predicted molar refractivity (Wildman–Crippen MR) is 125 cm³/mol. The van der Waals surface area contributed by atoms with E-state index in [-0.39, 0.29) is 31.2 Å². The van der Waals surface area contributed by atoms with Crippen LogP contribution in [0.5, 0.6) is 6.01 Å². The molecule has 1 saturated heterocycles. The largest absolute Gasteiger partial charge is 0.463 e. The normalized spacial score (nSPS) is 21.7. The zero-order valence-electron chi connectivity index (χ0n) is 20.7. The first-order chi connectivity index (χ1) is 16.7. The number of halogens is 2. The maximum absolute atomic E-state index is 15.7. The first-order valence-corrected chi connectivity index (χ1v) is 11.9. The minimum absolute atomic E-state index is 0.0222. The second-order valence-corrected chi connectivity index (χ2v) is 9.38. The Morgan fingerprint density at radius 3 is 2.71 bits per heavy atom. The first kappa shape index (κ1) is 25.2. The number of carbonyl (C=O) groups is 1. The third-order valence-corrected chi connectivity index (χ3v) is 7.10. The fourth-order valence-corrected chi connectivity index (χ4v) is 4.61. The van der Waals surface area contributed by atoms with Crippen molar-refractivity contribution in [2.75, 3.05) is 45.8 Å². The molecule has 0 saturated carbocycles. The third-order valence-electron chi connectivity index (χ3n) is 7.10. The summed E-state index contributed by atoms with van der Waals surface area (Å²) in [5.74, 6) is -0.958. The molecule has 192 valence electrons. The number of anilines is 2. The summed E-state index contributed by atoms with van der Waals surface area (Å²) < 4.78 is 40.7. The van der Waals surface area contributed by atoms with Crippen molar-refractivity contribution in [2.24, 2.45) is 0 Å². The molecule has 1 atom stereocenters. The van der Waals surface area contributed by atoms with Crippen molar-refractivity contribution in [3.05, 3.63) is 23.3 Å². The van der Waals surface area contributed by atoms with Crippen LogP contribution in [0.2, 0.25) is 0 Å². The lowest BCUT2D eigenvalue weighted by Gasteiger charge is -2.41. The van der Waals surface area contributed by atoms with Crippen LogP contribution in [0.3, 0.4) is 0 Å². The van der Waals surface area contributed by atoms with E-state index < -0.39 is 22.9 Å². The quantitative estimate of drug-likeness (QED) is 0.514. The van der Waals surface area contributed by atoms with Gasteiger partial charge in [-0.2, -0.15) is 10.1 Å². The van der Waals surface area contributed by atoms with Gasteiger partial charge in [0.25, 0.3) is 5.91 Å². The average molecular weight is 494 g/mol. The predicted octanol–water partition coefficient (Wildman–Crippen LogP) is 2.90. The highest BCUT2D eigenvalue weighted by Crippen LogP contribution is 2.46. The highest BCUT2D eigenvalue weighted by Gasteiger charge is 2.52. The number of likely N-dealkylation sites (tertiary alicyclic amines) is 1. The summed E-state index contributed by atoms with van der Waals surface area (Å²) in [4.78, 5) is 25.0. The molecule has 1 unspecified atom stereocenters. The van der Waals surface area contributed by atoms with E-state index in [2.05, 4.69) is 25.5 Å². The highest BCUT2D eigenvalue weighted by molar-refractivity contribution is 5.87. The number of carbonyl (C=O) groups excluding carboxylic acids is 1. The van der Waals surface area contributed by atoms with Crippen molar-refractivity contribution >= 4 is 17.5 Å². The monoisotopic (exact) mass is 493 g/mol. The van der Waals surface area contributed by atoms with Crippen molar-refractivity contribution < 1.29 is 23.0 Å². The topological polar surface area (TPSA) is 108 Å². The van der Waals surface area contributed by atoms with Crippen LogP contribution in [0.25, 0.3) is 0 Å². The molecule has 2 aromatic heterocycles. The van der Waals surface area contributed by atoms with Crippen LogP contribution in [0.1, 0.15) is 50.8 Å². The number of aromatic nitrogens is 4. The molecule has 0 aromatic carbocycles. The maximum atomic E-state index is 15.7. The second kappa shape index (κ2) is 10.0. The zero-order valence-corrected chi connectivity index (χ0v) is 20.7. The maximum Gasteiger partial charge on any atom is 0.318 e. The Morgan fingerprint density at radius 1 is 1.29 bits per heavy atom. The summed E-state index contributed by atoms with van der Waals surface area (Å²) in [6.45, 7) is 5.90. The van der Waals surface area contributed by atoms with E-state index in [9.17, 15) is 9.18 Å². The molecule has 0 radical (unpaired) electrons. The lowest BCUT2D eigenvalue weighted by molar-refractivity contribution is -0.154. The van der Waals surface area contributed by atoms with Gasteiger partial charge in [0.15, 0.2) is 23.1 Å². The van der Waals surface area contributed by atoms with Gasteiger partial charge in [-0.3, -0.25) is 9.89 Å². The van der Waals surface area contributed by atoms with Crippen LogP contribution in [0, 0.1) is 5.82 Å². The van der Waals surface area contributed by atoms with E-state index in [0.717, 1.165) is 6.20 Å². The Labute approximate surface area is 203 Å². The van der Waals surface area contributed by atoms with Crippen LogP contribution in [0.15, 0.2) is 6.20 Å². The van der Waals surface area contributed by atoms with Gasteiger partial charge in [-0.25, -0.2) is 13.8 Å². The van der Waals surface area contributed by atoms with Gasteiger partial charge in [-0.1, -0.05) is 6.92 Å². The molecule has 10 nitrogen and oxygen atoms in total. The standard InChI is InChI=1S/C23H33F2N7O3/c1-5-22(2)17-15(14-32(22)20(33)23(25)7-9-31(3)10-8-23)18(30-29-17)27-19-16(24)13-26-21(28-19)35-12-6-11-34-4/h13H,5-12,14H2,1-4H3,(H2,26,27,28,29,30). The lowest BCUT2D eigenvalue weighted by Crippen LogP contribution is -2.55. The van der Waals surface area contributed by atoms with Crippen molar-refractivity contribution in [2.45, 2.75) is 57.3 Å². The van der Waals surface area contributed by atoms with E-state index in [4.69, 9.17) is 9.47 Å². The van der Waals surface area contributed by atoms with Gasteiger partial charge >= 0.3 is 6.01 Å². The summed E-state index contributed by atoms with van der Waals surface area (Å²) in [6, 6.07) is 0.0222. The van der Waals surface area contributed by atoms with Crippen LogP contribution in [-0.2, 0) is 21.6 Å². The molecule has 0 spiro atoms. The fourth-order valence-electron chi connectivity index (χ4n) is 4.61. The summed E-state index contributed by atoms with van der Waals surface area (Å²) in [7, 11) is 3.52. The van der Waals surface area contributed by atoms with Gasteiger partial charge in [0.2, 0.25) is 0 Å². The number of hydrogen-bond donors (Lipinski definition) is 2. The molecule has 2 aliphatic heterocycles. The molecule has 35 heavy (non-hydrogen) atoms. The van der Waals surface area contributed by atoms with Crippen molar-refractivity contribution in [1.82, 2.24) is 30.0 Å². The molecule has 1 amide bonds. The van der Waals surface area contributed by atoms with E-state index in [1.165, 1.54) is 0 Å². The number of piperidine rings is 1. The number of H-pyrrole nitrogens is 1. The Balaban J connectivity index is 1.55. The Hall–Kier alpha value is -2.86. The first-order valence-electron chi connectivity index (χ1n) is 11.9. The number of ether oxygens (including phenoxy) is 2. The molecular formula is C23H33F2N7O3. The number of alkyl halides is 1. The third kappa shape index (κ3) is 4.81. The number of methoxy groups -OCH3 is 1. The van der Waals surface area contributed by atoms with Crippen LogP contribution >= 0.6 is 0 Å². The van der Waals surface area contributed by atoms with Gasteiger partial charge in [-0.15, -0.1) is 0 Å². The number of hydrogen-bond acceptors (Lipinski definition) is 8. The van der Waals surface area contributed by atoms with Crippen LogP contribution in [-0.4, -0.2) is 82.0 Å². The molecule has 12 heteroatoms. The van der Waals surface area contributed by atoms with E-state index in [1.807, 2.05) is 25.8 Å². The Kier molecular flexibility index (Phi) is 7.22. The number of aromatic amines is 1. The average Bonchev–Trinajstić information content (AvgIpc) is 3.38. The number of amides is 1. The zero-order chi connectivity index (χ0) is 25.2. The minimum atomic E-state index is -1.90. The van der Waals surface area contributed by atoms with E-state index >= 15 is 4.39 Å². The molecule has 2 aromatic rings. The number of nitrogens with one attached hydrogen (secondary N) is 2. The number of rotatable bonds is 9.